The molecule has 2 aromatic heterocycles. The van der Waals surface area contributed by atoms with Crippen molar-refractivity contribution in [2.75, 3.05) is 27.2 Å². The molecule has 4 rings (SSSR count). The number of ether oxygens (including phenoxy) is 1. The number of benzene rings is 2. The largest absolute Gasteiger partial charge is 0.492 e. The zero-order chi connectivity index (χ0) is 29.3. The first-order chi connectivity index (χ1) is 18.9. The SMILES string of the molecule is Cc1ccc(OCCN(C)C)cc1C(=O)N[C@H](C)c1cc(-c2c(C)nn(C)c2C)cc(-c2c(C)nn(C)c2C)c1. The fraction of sp³-hybridized carbons (Fsp3) is 0.406. The van der Waals surface area contributed by atoms with E-state index in [4.69, 9.17) is 4.74 Å². The Hall–Kier alpha value is -3.91. The van der Waals surface area contributed by atoms with E-state index in [2.05, 4.69) is 52.5 Å². The quantitative estimate of drug-likeness (QED) is 0.304. The highest BCUT2D eigenvalue weighted by Gasteiger charge is 2.21. The van der Waals surface area contributed by atoms with Gasteiger partial charge in [0.1, 0.15) is 12.4 Å². The van der Waals surface area contributed by atoms with Crippen LogP contribution in [0.2, 0.25) is 0 Å². The van der Waals surface area contributed by atoms with Crippen LogP contribution in [0.25, 0.3) is 22.3 Å². The minimum atomic E-state index is -0.238. The van der Waals surface area contributed by atoms with Gasteiger partial charge in [-0.3, -0.25) is 14.2 Å². The molecule has 0 fully saturated rings. The van der Waals surface area contributed by atoms with E-state index in [0.29, 0.717) is 17.9 Å². The average molecular weight is 543 g/mol. The molecule has 4 aromatic rings. The molecule has 0 radical (unpaired) electrons. The number of carbonyl (C=O) groups is 1. The molecule has 1 amide bonds. The van der Waals surface area contributed by atoms with E-state index in [1.807, 2.05) is 83.4 Å². The molecule has 2 aromatic carbocycles. The number of aromatic nitrogens is 4. The van der Waals surface area contributed by atoms with Gasteiger partial charge in [-0.1, -0.05) is 6.07 Å². The Kier molecular flexibility index (Phi) is 8.49. The average Bonchev–Trinajstić information content (AvgIpc) is 3.30. The number of rotatable bonds is 9. The topological polar surface area (TPSA) is 77.2 Å². The first kappa shape index (κ1) is 29.1. The molecule has 8 heteroatoms. The zero-order valence-electron chi connectivity index (χ0n) is 25.5. The molecule has 0 saturated heterocycles. The van der Waals surface area contributed by atoms with Crippen LogP contribution in [0.3, 0.4) is 0 Å². The third kappa shape index (κ3) is 5.97. The van der Waals surface area contributed by atoms with Gasteiger partial charge in [-0.05, 0) is 108 Å². The van der Waals surface area contributed by atoms with Gasteiger partial charge in [-0.25, -0.2) is 0 Å². The number of aryl methyl sites for hydroxylation is 5. The summed E-state index contributed by atoms with van der Waals surface area (Å²) < 4.78 is 9.72. The number of hydrogen-bond donors (Lipinski definition) is 1. The van der Waals surface area contributed by atoms with E-state index in [0.717, 1.165) is 62.7 Å². The van der Waals surface area contributed by atoms with Gasteiger partial charge >= 0.3 is 0 Å². The molecule has 0 saturated carbocycles. The van der Waals surface area contributed by atoms with Gasteiger partial charge < -0.3 is 15.0 Å². The lowest BCUT2D eigenvalue weighted by atomic mass is 9.92. The third-order valence-corrected chi connectivity index (χ3v) is 7.66. The van der Waals surface area contributed by atoms with Crippen molar-refractivity contribution in [1.29, 1.82) is 0 Å². The Morgan fingerprint density at radius 2 is 1.45 bits per heavy atom. The molecule has 0 spiro atoms. The molecule has 0 aliphatic carbocycles. The number of likely N-dealkylation sites (N-methyl/N-ethyl adjacent to an activating group) is 1. The van der Waals surface area contributed by atoms with Crippen molar-refractivity contribution in [3.63, 3.8) is 0 Å². The van der Waals surface area contributed by atoms with Gasteiger partial charge in [-0.15, -0.1) is 0 Å². The van der Waals surface area contributed by atoms with E-state index in [-0.39, 0.29) is 11.9 Å². The normalized spacial score (nSPS) is 12.2. The summed E-state index contributed by atoms with van der Waals surface area (Å²) in [5, 5.41) is 12.5. The summed E-state index contributed by atoms with van der Waals surface area (Å²) in [6.45, 7) is 13.6. The molecule has 0 aliphatic rings. The third-order valence-electron chi connectivity index (χ3n) is 7.66. The molecule has 8 nitrogen and oxygen atoms in total. The van der Waals surface area contributed by atoms with Gasteiger partial charge in [-0.2, -0.15) is 10.2 Å². The second kappa shape index (κ2) is 11.7. The summed E-state index contributed by atoms with van der Waals surface area (Å²) in [6, 6.07) is 12.0. The summed E-state index contributed by atoms with van der Waals surface area (Å²) in [4.78, 5) is 15.6. The van der Waals surface area contributed by atoms with Crippen molar-refractivity contribution in [3.05, 3.63) is 75.9 Å². The highest BCUT2D eigenvalue weighted by molar-refractivity contribution is 5.96. The number of amides is 1. The second-order valence-electron chi connectivity index (χ2n) is 11.0. The molecule has 1 atom stereocenters. The maximum Gasteiger partial charge on any atom is 0.252 e. The van der Waals surface area contributed by atoms with Gasteiger partial charge in [0.2, 0.25) is 0 Å². The van der Waals surface area contributed by atoms with Crippen LogP contribution in [0.1, 0.15) is 57.2 Å². The minimum absolute atomic E-state index is 0.127. The summed E-state index contributed by atoms with van der Waals surface area (Å²) in [6.07, 6.45) is 0. The number of nitrogens with one attached hydrogen (secondary N) is 1. The van der Waals surface area contributed by atoms with E-state index in [1.54, 1.807) is 0 Å². The monoisotopic (exact) mass is 542 g/mol. The first-order valence-electron chi connectivity index (χ1n) is 13.7. The number of hydrogen-bond acceptors (Lipinski definition) is 5. The predicted octanol–water partition coefficient (Wildman–Crippen LogP) is 5.46. The number of nitrogens with zero attached hydrogens (tertiary/aromatic N) is 5. The fourth-order valence-corrected chi connectivity index (χ4v) is 5.21. The van der Waals surface area contributed by atoms with Gasteiger partial charge in [0.15, 0.2) is 0 Å². The van der Waals surface area contributed by atoms with Gasteiger partial charge in [0.25, 0.3) is 5.91 Å². The Balaban J connectivity index is 1.71. The molecule has 212 valence electrons. The van der Waals surface area contributed by atoms with Crippen LogP contribution in [-0.4, -0.2) is 57.6 Å². The van der Waals surface area contributed by atoms with E-state index in [1.165, 1.54) is 0 Å². The lowest BCUT2D eigenvalue weighted by Crippen LogP contribution is -2.27. The first-order valence-corrected chi connectivity index (χ1v) is 13.7. The molecular weight excluding hydrogens is 500 g/mol. The highest BCUT2D eigenvalue weighted by atomic mass is 16.5. The van der Waals surface area contributed by atoms with E-state index < -0.39 is 0 Å². The highest BCUT2D eigenvalue weighted by Crippen LogP contribution is 2.36. The van der Waals surface area contributed by atoms with E-state index in [9.17, 15) is 4.79 Å². The summed E-state index contributed by atoms with van der Waals surface area (Å²) in [7, 11) is 7.95. The smallest absolute Gasteiger partial charge is 0.252 e. The van der Waals surface area contributed by atoms with Crippen LogP contribution in [0.4, 0.5) is 0 Å². The van der Waals surface area contributed by atoms with Crippen LogP contribution in [0, 0.1) is 34.6 Å². The van der Waals surface area contributed by atoms with Gasteiger partial charge in [0.05, 0.1) is 17.4 Å². The number of carbonyl (C=O) groups excluding carboxylic acids is 1. The van der Waals surface area contributed by atoms with Crippen molar-refractivity contribution < 1.29 is 9.53 Å². The predicted molar refractivity (Wildman–Crippen MR) is 161 cm³/mol. The van der Waals surface area contributed by atoms with Crippen molar-refractivity contribution >= 4 is 5.91 Å². The molecule has 1 N–H and O–H groups in total. The Labute approximate surface area is 238 Å². The second-order valence-corrected chi connectivity index (χ2v) is 11.0. The molecular formula is C32H42N6O2. The summed E-state index contributed by atoms with van der Waals surface area (Å²) in [5.74, 6) is 0.567. The lowest BCUT2D eigenvalue weighted by molar-refractivity contribution is 0.0938. The standard InChI is InChI=1S/C32H42N6O2/c1-19-11-12-28(40-14-13-36(7)8)18-29(19)32(39)33-20(2)25-15-26(30-21(3)34-37(9)23(30)5)17-27(16-25)31-22(4)35-38(10)24(31)6/h11-12,15-18,20H,13-14H2,1-10H3,(H,33,39)/t20-/m1/s1. The van der Waals surface area contributed by atoms with Crippen molar-refractivity contribution in [2.45, 2.75) is 47.6 Å². The van der Waals surface area contributed by atoms with Crippen molar-refractivity contribution in [1.82, 2.24) is 29.8 Å². The fourth-order valence-electron chi connectivity index (χ4n) is 5.21. The molecule has 40 heavy (non-hydrogen) atoms. The van der Waals surface area contributed by atoms with Crippen LogP contribution in [-0.2, 0) is 14.1 Å². The molecule has 2 heterocycles. The Morgan fingerprint density at radius 1 is 0.900 bits per heavy atom. The molecule has 0 aliphatic heterocycles. The van der Waals surface area contributed by atoms with Crippen molar-refractivity contribution in [3.8, 4) is 28.0 Å². The van der Waals surface area contributed by atoms with Crippen LogP contribution < -0.4 is 10.1 Å². The van der Waals surface area contributed by atoms with Gasteiger partial charge in [0, 0.05) is 48.7 Å². The van der Waals surface area contributed by atoms with Crippen LogP contribution in [0.15, 0.2) is 36.4 Å². The van der Waals surface area contributed by atoms with Crippen LogP contribution >= 0.6 is 0 Å². The zero-order valence-corrected chi connectivity index (χ0v) is 25.5. The van der Waals surface area contributed by atoms with Crippen LogP contribution in [0.5, 0.6) is 5.75 Å². The Morgan fingerprint density at radius 3 is 1.93 bits per heavy atom. The lowest BCUT2D eigenvalue weighted by Gasteiger charge is -2.19. The maximum absolute atomic E-state index is 13.5. The van der Waals surface area contributed by atoms with Crippen molar-refractivity contribution in [2.24, 2.45) is 14.1 Å². The molecule has 0 bridgehead atoms. The summed E-state index contributed by atoms with van der Waals surface area (Å²) in [5.41, 5.74) is 11.1. The summed E-state index contributed by atoms with van der Waals surface area (Å²) >= 11 is 0. The Bertz CT molecular complexity index is 1470. The minimum Gasteiger partial charge on any atom is -0.492 e. The van der Waals surface area contributed by atoms with E-state index >= 15 is 0 Å². The molecule has 0 unspecified atom stereocenters. The maximum atomic E-state index is 13.5.